The minimum atomic E-state index is 0.167. The van der Waals surface area contributed by atoms with E-state index >= 15 is 0 Å². The standard InChI is InChI=1S/C26H52N2O4/c1-3-5-21-31-23-15-19-27-25(29)17-13-11-9-7-8-10-12-14-18-26(30)28-20-16-24-32-22-6-4-2/h3-24H2,1-2H3,(H,27,29)(H,28,30). The van der Waals surface area contributed by atoms with Gasteiger partial charge in [0.2, 0.25) is 11.8 Å². The van der Waals surface area contributed by atoms with Crippen molar-refractivity contribution in [3.05, 3.63) is 0 Å². The maximum atomic E-state index is 11.8. The summed E-state index contributed by atoms with van der Waals surface area (Å²) in [6.07, 6.45) is 16.6. The van der Waals surface area contributed by atoms with Crippen molar-refractivity contribution in [2.75, 3.05) is 39.5 Å². The molecule has 0 atom stereocenters. The molecule has 0 fully saturated rings. The smallest absolute Gasteiger partial charge is 0.219 e. The van der Waals surface area contributed by atoms with Crippen LogP contribution in [-0.4, -0.2) is 51.3 Å². The molecule has 0 aliphatic heterocycles. The van der Waals surface area contributed by atoms with Gasteiger partial charge in [-0.05, 0) is 38.5 Å². The quantitative estimate of drug-likeness (QED) is 0.177. The van der Waals surface area contributed by atoms with E-state index in [4.69, 9.17) is 9.47 Å². The molecule has 0 aliphatic rings. The van der Waals surface area contributed by atoms with Crippen molar-refractivity contribution in [2.45, 2.75) is 117 Å². The Bertz CT molecular complexity index is 381. The van der Waals surface area contributed by atoms with Crippen molar-refractivity contribution in [2.24, 2.45) is 0 Å². The molecule has 0 aromatic heterocycles. The van der Waals surface area contributed by atoms with E-state index in [1.165, 1.54) is 25.7 Å². The number of hydrogen-bond donors (Lipinski definition) is 2. The summed E-state index contributed by atoms with van der Waals surface area (Å²) in [5, 5.41) is 5.95. The van der Waals surface area contributed by atoms with Gasteiger partial charge < -0.3 is 20.1 Å². The number of nitrogens with one attached hydrogen (secondary N) is 2. The fraction of sp³-hybridized carbons (Fsp3) is 0.923. The van der Waals surface area contributed by atoms with Crippen molar-refractivity contribution in [1.82, 2.24) is 10.6 Å². The first kappa shape index (κ1) is 30.9. The van der Waals surface area contributed by atoms with E-state index < -0.39 is 0 Å². The average molecular weight is 457 g/mol. The second-order valence-electron chi connectivity index (χ2n) is 8.67. The van der Waals surface area contributed by atoms with Gasteiger partial charge in [0.1, 0.15) is 0 Å². The van der Waals surface area contributed by atoms with Crippen molar-refractivity contribution in [3.8, 4) is 0 Å². The van der Waals surface area contributed by atoms with Crippen LogP contribution in [0.4, 0.5) is 0 Å². The molecule has 0 radical (unpaired) electrons. The fourth-order valence-corrected chi connectivity index (χ4v) is 3.31. The first-order valence-electron chi connectivity index (χ1n) is 13.4. The molecule has 32 heavy (non-hydrogen) atoms. The molecule has 6 nitrogen and oxygen atoms in total. The Balaban J connectivity index is 3.23. The van der Waals surface area contributed by atoms with E-state index in [1.54, 1.807) is 0 Å². The highest BCUT2D eigenvalue weighted by molar-refractivity contribution is 5.76. The topological polar surface area (TPSA) is 76.7 Å². The van der Waals surface area contributed by atoms with E-state index in [9.17, 15) is 9.59 Å². The highest BCUT2D eigenvalue weighted by Gasteiger charge is 2.02. The van der Waals surface area contributed by atoms with Crippen LogP contribution in [-0.2, 0) is 19.1 Å². The molecule has 0 rings (SSSR count). The normalized spacial score (nSPS) is 10.9. The SMILES string of the molecule is CCCCOCCCNC(=O)CCCCCCCCCCC(=O)NCCCOCCCC. The Kier molecular flexibility index (Phi) is 25.2. The third-order valence-corrected chi connectivity index (χ3v) is 5.42. The van der Waals surface area contributed by atoms with Gasteiger partial charge in [-0.15, -0.1) is 0 Å². The van der Waals surface area contributed by atoms with Crippen LogP contribution >= 0.6 is 0 Å². The summed E-state index contributed by atoms with van der Waals surface area (Å²) in [6, 6.07) is 0. The maximum Gasteiger partial charge on any atom is 0.219 e. The second-order valence-corrected chi connectivity index (χ2v) is 8.67. The summed E-state index contributed by atoms with van der Waals surface area (Å²) in [6.45, 7) is 8.87. The Labute approximate surface area is 198 Å². The molecule has 0 heterocycles. The summed E-state index contributed by atoms with van der Waals surface area (Å²) >= 11 is 0. The molecule has 2 amide bonds. The van der Waals surface area contributed by atoms with Crippen LogP contribution in [0.2, 0.25) is 0 Å². The molecule has 0 bridgehead atoms. The van der Waals surface area contributed by atoms with E-state index in [1.807, 2.05) is 0 Å². The molecular formula is C26H52N2O4. The highest BCUT2D eigenvalue weighted by atomic mass is 16.5. The van der Waals surface area contributed by atoms with E-state index in [0.29, 0.717) is 12.8 Å². The van der Waals surface area contributed by atoms with Gasteiger partial charge in [-0.3, -0.25) is 9.59 Å². The van der Waals surface area contributed by atoms with Crippen LogP contribution in [0.3, 0.4) is 0 Å². The van der Waals surface area contributed by atoms with Gasteiger partial charge in [-0.25, -0.2) is 0 Å². The molecule has 2 N–H and O–H groups in total. The number of amides is 2. The number of ether oxygens (including phenoxy) is 2. The number of hydrogen-bond acceptors (Lipinski definition) is 4. The zero-order valence-electron chi connectivity index (χ0n) is 21.2. The Morgan fingerprint density at radius 2 is 0.844 bits per heavy atom. The Morgan fingerprint density at radius 1 is 0.500 bits per heavy atom. The molecule has 0 spiro atoms. The van der Waals surface area contributed by atoms with Crippen LogP contribution < -0.4 is 10.6 Å². The van der Waals surface area contributed by atoms with Crippen molar-refractivity contribution in [1.29, 1.82) is 0 Å². The third kappa shape index (κ3) is 25.1. The van der Waals surface area contributed by atoms with E-state index in [-0.39, 0.29) is 11.8 Å². The van der Waals surface area contributed by atoms with Gasteiger partial charge in [0.25, 0.3) is 0 Å². The molecule has 6 heteroatoms. The predicted molar refractivity (Wildman–Crippen MR) is 133 cm³/mol. The molecular weight excluding hydrogens is 404 g/mol. The maximum absolute atomic E-state index is 11.8. The number of unbranched alkanes of at least 4 members (excludes halogenated alkanes) is 9. The first-order chi connectivity index (χ1) is 15.7. The van der Waals surface area contributed by atoms with Crippen LogP contribution in [0.1, 0.15) is 117 Å². The largest absolute Gasteiger partial charge is 0.381 e. The molecule has 0 aromatic carbocycles. The average Bonchev–Trinajstić information content (AvgIpc) is 2.79. The Hall–Kier alpha value is -1.14. The van der Waals surface area contributed by atoms with Gasteiger partial charge >= 0.3 is 0 Å². The summed E-state index contributed by atoms with van der Waals surface area (Å²) in [7, 11) is 0. The van der Waals surface area contributed by atoms with E-state index in [2.05, 4.69) is 24.5 Å². The molecule has 0 saturated heterocycles. The highest BCUT2D eigenvalue weighted by Crippen LogP contribution is 2.10. The summed E-state index contributed by atoms with van der Waals surface area (Å²) in [5.41, 5.74) is 0. The molecule has 0 aromatic rings. The monoisotopic (exact) mass is 456 g/mol. The fourth-order valence-electron chi connectivity index (χ4n) is 3.31. The molecule has 190 valence electrons. The first-order valence-corrected chi connectivity index (χ1v) is 13.4. The zero-order chi connectivity index (χ0) is 23.5. The van der Waals surface area contributed by atoms with Gasteiger partial charge in [0.15, 0.2) is 0 Å². The Morgan fingerprint density at radius 3 is 1.22 bits per heavy atom. The summed E-state index contributed by atoms with van der Waals surface area (Å²) in [4.78, 5) is 23.6. The van der Waals surface area contributed by atoms with Crippen LogP contribution in [0.25, 0.3) is 0 Å². The lowest BCUT2D eigenvalue weighted by atomic mass is 10.1. The third-order valence-electron chi connectivity index (χ3n) is 5.42. The molecule has 0 saturated carbocycles. The van der Waals surface area contributed by atoms with E-state index in [0.717, 1.165) is 104 Å². The lowest BCUT2D eigenvalue weighted by Crippen LogP contribution is -2.24. The van der Waals surface area contributed by atoms with Gasteiger partial charge in [-0.2, -0.15) is 0 Å². The number of rotatable bonds is 25. The second kappa shape index (κ2) is 26.1. The summed E-state index contributed by atoms with van der Waals surface area (Å²) < 4.78 is 11.0. The number of carbonyl (C=O) groups excluding carboxylic acids is 2. The molecule has 0 aliphatic carbocycles. The minimum absolute atomic E-state index is 0.167. The lowest BCUT2D eigenvalue weighted by molar-refractivity contribution is -0.122. The lowest BCUT2D eigenvalue weighted by Gasteiger charge is -2.07. The van der Waals surface area contributed by atoms with Gasteiger partial charge in [0.05, 0.1) is 0 Å². The van der Waals surface area contributed by atoms with Crippen molar-refractivity contribution >= 4 is 11.8 Å². The van der Waals surface area contributed by atoms with Crippen molar-refractivity contribution < 1.29 is 19.1 Å². The zero-order valence-corrected chi connectivity index (χ0v) is 21.2. The molecule has 0 unspecified atom stereocenters. The number of carbonyl (C=O) groups is 2. The van der Waals surface area contributed by atoms with Crippen LogP contribution in [0, 0.1) is 0 Å². The van der Waals surface area contributed by atoms with Crippen LogP contribution in [0.5, 0.6) is 0 Å². The van der Waals surface area contributed by atoms with Crippen molar-refractivity contribution in [3.63, 3.8) is 0 Å². The van der Waals surface area contributed by atoms with Gasteiger partial charge in [0, 0.05) is 52.4 Å². The van der Waals surface area contributed by atoms with Crippen LogP contribution in [0.15, 0.2) is 0 Å². The minimum Gasteiger partial charge on any atom is -0.381 e. The summed E-state index contributed by atoms with van der Waals surface area (Å²) in [5.74, 6) is 0.335. The van der Waals surface area contributed by atoms with Gasteiger partial charge in [-0.1, -0.05) is 65.2 Å². The predicted octanol–water partition coefficient (Wildman–Crippen LogP) is 5.53.